The van der Waals surface area contributed by atoms with Gasteiger partial charge in [-0.15, -0.1) is 0 Å². The van der Waals surface area contributed by atoms with E-state index in [0.29, 0.717) is 0 Å². The molecule has 0 bridgehead atoms. The van der Waals surface area contributed by atoms with E-state index in [-0.39, 0.29) is 11.3 Å². The highest BCUT2D eigenvalue weighted by atomic mass is 19.4. The summed E-state index contributed by atoms with van der Waals surface area (Å²) in [4.78, 5) is 11.8. The number of carbonyl (C=O) groups is 1. The lowest BCUT2D eigenvalue weighted by atomic mass is 10.0. The van der Waals surface area contributed by atoms with Gasteiger partial charge in [0, 0.05) is 5.56 Å². The molecule has 18 heavy (non-hydrogen) atoms. The minimum Gasteiger partial charge on any atom is -0.289 e. The fourth-order valence-electron chi connectivity index (χ4n) is 1.57. The molecule has 1 aromatic rings. The van der Waals surface area contributed by atoms with Crippen LogP contribution in [0.15, 0.2) is 35.9 Å². The monoisotopic (exact) mass is 256 g/mol. The summed E-state index contributed by atoms with van der Waals surface area (Å²) in [7, 11) is 0. The Morgan fingerprint density at radius 2 is 1.83 bits per heavy atom. The van der Waals surface area contributed by atoms with Crippen LogP contribution in [0.2, 0.25) is 0 Å². The fraction of sp³-hybridized carbons (Fsp3) is 0.357. The van der Waals surface area contributed by atoms with E-state index in [2.05, 4.69) is 0 Å². The van der Waals surface area contributed by atoms with Crippen LogP contribution in [0.5, 0.6) is 0 Å². The summed E-state index contributed by atoms with van der Waals surface area (Å²) in [6.07, 6.45) is -1.55. The molecule has 0 spiro atoms. The molecule has 0 saturated carbocycles. The second kappa shape index (κ2) is 5.85. The van der Waals surface area contributed by atoms with Crippen LogP contribution in [0.1, 0.15) is 42.6 Å². The predicted molar refractivity (Wildman–Crippen MR) is 64.4 cm³/mol. The summed E-state index contributed by atoms with van der Waals surface area (Å²) < 4.78 is 37.5. The number of carbonyl (C=O) groups excluding carboxylic acids is 1. The zero-order valence-electron chi connectivity index (χ0n) is 10.3. The molecule has 0 aromatic heterocycles. The Bertz CT molecular complexity index is 452. The largest absolute Gasteiger partial charge is 0.416 e. The van der Waals surface area contributed by atoms with Gasteiger partial charge in [0.2, 0.25) is 0 Å². The van der Waals surface area contributed by atoms with Crippen molar-refractivity contribution in [3.63, 3.8) is 0 Å². The minimum absolute atomic E-state index is 0.0734. The zero-order valence-corrected chi connectivity index (χ0v) is 10.3. The van der Waals surface area contributed by atoms with Crippen molar-refractivity contribution in [2.24, 2.45) is 0 Å². The van der Waals surface area contributed by atoms with Crippen molar-refractivity contribution < 1.29 is 18.0 Å². The average molecular weight is 256 g/mol. The zero-order chi connectivity index (χ0) is 13.8. The van der Waals surface area contributed by atoms with Crippen LogP contribution in [0.4, 0.5) is 13.2 Å². The van der Waals surface area contributed by atoms with Crippen LogP contribution in [0.25, 0.3) is 0 Å². The molecule has 0 saturated heterocycles. The summed E-state index contributed by atoms with van der Waals surface area (Å²) >= 11 is 0. The lowest BCUT2D eigenvalue weighted by Crippen LogP contribution is -2.06. The SMILES string of the molecule is CCC(=CC(=O)c1cccc(C(F)(F)F)c1)CC. The van der Waals surface area contributed by atoms with Gasteiger partial charge in [-0.2, -0.15) is 13.2 Å². The third kappa shape index (κ3) is 3.72. The molecule has 98 valence electrons. The number of hydrogen-bond acceptors (Lipinski definition) is 1. The summed E-state index contributed by atoms with van der Waals surface area (Å²) in [5, 5.41) is 0. The van der Waals surface area contributed by atoms with E-state index in [1.54, 1.807) is 0 Å². The van der Waals surface area contributed by atoms with Crippen LogP contribution in [-0.2, 0) is 6.18 Å². The van der Waals surface area contributed by atoms with Crippen LogP contribution in [0, 0.1) is 0 Å². The maximum Gasteiger partial charge on any atom is 0.416 e. The Balaban J connectivity index is 3.04. The van der Waals surface area contributed by atoms with Gasteiger partial charge in [-0.1, -0.05) is 31.6 Å². The molecule has 0 unspecified atom stereocenters. The maximum atomic E-state index is 12.5. The van der Waals surface area contributed by atoms with Gasteiger partial charge in [0.1, 0.15) is 0 Å². The van der Waals surface area contributed by atoms with Gasteiger partial charge in [-0.25, -0.2) is 0 Å². The third-order valence-electron chi connectivity index (χ3n) is 2.72. The van der Waals surface area contributed by atoms with E-state index in [1.165, 1.54) is 18.2 Å². The second-order valence-electron chi connectivity index (χ2n) is 3.95. The average Bonchev–Trinajstić information content (AvgIpc) is 2.34. The quantitative estimate of drug-likeness (QED) is 0.566. The van der Waals surface area contributed by atoms with Gasteiger partial charge >= 0.3 is 6.18 Å². The fourth-order valence-corrected chi connectivity index (χ4v) is 1.57. The van der Waals surface area contributed by atoms with Crippen molar-refractivity contribution in [2.45, 2.75) is 32.9 Å². The van der Waals surface area contributed by atoms with Gasteiger partial charge in [-0.05, 0) is 31.1 Å². The molecule has 1 aromatic carbocycles. The molecular weight excluding hydrogens is 241 g/mol. The molecule has 1 rings (SSSR count). The number of allylic oxidation sites excluding steroid dienone is 2. The molecule has 0 aliphatic rings. The first-order valence-electron chi connectivity index (χ1n) is 5.79. The first-order chi connectivity index (χ1) is 8.38. The van der Waals surface area contributed by atoms with Crippen LogP contribution in [-0.4, -0.2) is 5.78 Å². The molecule has 0 fully saturated rings. The van der Waals surface area contributed by atoms with E-state index in [4.69, 9.17) is 0 Å². The van der Waals surface area contributed by atoms with Gasteiger partial charge in [0.05, 0.1) is 5.56 Å². The highest BCUT2D eigenvalue weighted by molar-refractivity contribution is 6.05. The van der Waals surface area contributed by atoms with Crippen LogP contribution < -0.4 is 0 Å². The first kappa shape index (κ1) is 14.5. The molecule has 0 amide bonds. The van der Waals surface area contributed by atoms with E-state index in [0.717, 1.165) is 30.5 Å². The Kier molecular flexibility index (Phi) is 4.70. The topological polar surface area (TPSA) is 17.1 Å². The predicted octanol–water partition coefficient (Wildman–Crippen LogP) is 4.63. The third-order valence-corrected chi connectivity index (χ3v) is 2.72. The van der Waals surface area contributed by atoms with Crippen LogP contribution >= 0.6 is 0 Å². The maximum absolute atomic E-state index is 12.5. The van der Waals surface area contributed by atoms with Gasteiger partial charge in [0.15, 0.2) is 5.78 Å². The number of benzene rings is 1. The normalized spacial score (nSPS) is 11.2. The minimum atomic E-state index is -4.42. The number of halogens is 3. The summed E-state index contributed by atoms with van der Waals surface area (Å²) in [6.45, 7) is 3.82. The van der Waals surface area contributed by atoms with Gasteiger partial charge in [-0.3, -0.25) is 4.79 Å². The Labute approximate surface area is 104 Å². The van der Waals surface area contributed by atoms with Crippen molar-refractivity contribution in [1.29, 1.82) is 0 Å². The molecule has 0 atom stereocenters. The highest BCUT2D eigenvalue weighted by Crippen LogP contribution is 2.29. The number of ketones is 1. The summed E-state index contributed by atoms with van der Waals surface area (Å²) in [5.74, 6) is -0.375. The molecule has 0 aliphatic heterocycles. The van der Waals surface area contributed by atoms with E-state index >= 15 is 0 Å². The van der Waals surface area contributed by atoms with E-state index in [1.807, 2.05) is 13.8 Å². The molecule has 4 heteroatoms. The summed E-state index contributed by atoms with van der Waals surface area (Å²) in [5.41, 5.74) is 0.206. The van der Waals surface area contributed by atoms with E-state index < -0.39 is 11.7 Å². The second-order valence-corrected chi connectivity index (χ2v) is 3.95. The number of hydrogen-bond donors (Lipinski definition) is 0. The Hall–Kier alpha value is -1.58. The first-order valence-corrected chi connectivity index (χ1v) is 5.79. The standard InChI is InChI=1S/C14H15F3O/c1-3-10(4-2)8-13(18)11-6-5-7-12(9-11)14(15,16)17/h5-9H,3-4H2,1-2H3. The van der Waals surface area contributed by atoms with Crippen molar-refractivity contribution in [3.8, 4) is 0 Å². The molecule has 0 radical (unpaired) electrons. The molecule has 0 N–H and O–H groups in total. The van der Waals surface area contributed by atoms with Crippen LogP contribution in [0.3, 0.4) is 0 Å². The molecular formula is C14H15F3O. The lowest BCUT2D eigenvalue weighted by molar-refractivity contribution is -0.137. The van der Waals surface area contributed by atoms with Gasteiger partial charge < -0.3 is 0 Å². The summed E-state index contributed by atoms with van der Waals surface area (Å²) in [6, 6.07) is 4.50. The van der Waals surface area contributed by atoms with Gasteiger partial charge in [0.25, 0.3) is 0 Å². The Morgan fingerprint density at radius 3 is 2.33 bits per heavy atom. The lowest BCUT2D eigenvalue weighted by Gasteiger charge is -2.07. The molecule has 0 heterocycles. The van der Waals surface area contributed by atoms with Crippen molar-refractivity contribution in [3.05, 3.63) is 47.0 Å². The molecule has 0 aliphatic carbocycles. The highest BCUT2D eigenvalue weighted by Gasteiger charge is 2.30. The number of rotatable bonds is 4. The Morgan fingerprint density at radius 1 is 1.22 bits per heavy atom. The van der Waals surface area contributed by atoms with Crippen molar-refractivity contribution >= 4 is 5.78 Å². The van der Waals surface area contributed by atoms with Crippen molar-refractivity contribution in [2.75, 3.05) is 0 Å². The smallest absolute Gasteiger partial charge is 0.289 e. The number of alkyl halides is 3. The van der Waals surface area contributed by atoms with E-state index in [9.17, 15) is 18.0 Å². The molecule has 1 nitrogen and oxygen atoms in total. The van der Waals surface area contributed by atoms with Crippen molar-refractivity contribution in [1.82, 2.24) is 0 Å².